The summed E-state index contributed by atoms with van der Waals surface area (Å²) >= 11 is 0. The smallest absolute Gasteiger partial charge is 0.339 e. The van der Waals surface area contributed by atoms with Crippen LogP contribution in [0, 0.1) is 0 Å². The second-order valence-electron chi connectivity index (χ2n) is 6.12. The summed E-state index contributed by atoms with van der Waals surface area (Å²) in [6.45, 7) is 4.44. The number of esters is 1. The highest BCUT2D eigenvalue weighted by Crippen LogP contribution is 2.31. The third-order valence-electron chi connectivity index (χ3n) is 4.25. The van der Waals surface area contributed by atoms with E-state index in [2.05, 4.69) is 19.1 Å². The van der Waals surface area contributed by atoms with Crippen molar-refractivity contribution in [3.63, 3.8) is 0 Å². The molecule has 0 aliphatic heterocycles. The second-order valence-corrected chi connectivity index (χ2v) is 6.12. The highest BCUT2D eigenvalue weighted by molar-refractivity contribution is 6.24. The Morgan fingerprint density at radius 2 is 1.40 bits per heavy atom. The molecule has 0 N–H and O–H groups in total. The van der Waals surface area contributed by atoms with Crippen LogP contribution in [0.15, 0.2) is 60.7 Å². The summed E-state index contributed by atoms with van der Waals surface area (Å²) in [5.74, 6) is -0.233. The highest BCUT2D eigenvalue weighted by atomic mass is 16.5. The molecular formula is C23H28O2. The van der Waals surface area contributed by atoms with Gasteiger partial charge in [-0.1, -0.05) is 86.8 Å². The standard InChI is InChI=1S/C23H28O2/c1-3-5-6-13-18-21(19-14-9-7-10-15-19)22(23(24)25-4-2)20-16-11-8-12-17-20/h7-12,14-17H,3-6,13,18H2,1-2H3. The van der Waals surface area contributed by atoms with Crippen LogP contribution < -0.4 is 0 Å². The van der Waals surface area contributed by atoms with E-state index in [-0.39, 0.29) is 5.97 Å². The van der Waals surface area contributed by atoms with E-state index in [0.717, 1.165) is 29.5 Å². The van der Waals surface area contributed by atoms with Crippen molar-refractivity contribution < 1.29 is 9.53 Å². The van der Waals surface area contributed by atoms with E-state index < -0.39 is 0 Å². The van der Waals surface area contributed by atoms with Gasteiger partial charge in [-0.05, 0) is 36.5 Å². The summed E-state index contributed by atoms with van der Waals surface area (Å²) < 4.78 is 5.39. The minimum Gasteiger partial charge on any atom is -0.462 e. The van der Waals surface area contributed by atoms with E-state index in [9.17, 15) is 4.79 Å². The lowest BCUT2D eigenvalue weighted by Crippen LogP contribution is -2.09. The number of carbonyl (C=O) groups is 1. The van der Waals surface area contributed by atoms with Gasteiger partial charge in [0.2, 0.25) is 0 Å². The van der Waals surface area contributed by atoms with Gasteiger partial charge in [-0.3, -0.25) is 0 Å². The van der Waals surface area contributed by atoms with Crippen molar-refractivity contribution in [1.82, 2.24) is 0 Å². The Bertz CT molecular complexity index is 672. The topological polar surface area (TPSA) is 26.3 Å². The number of carbonyl (C=O) groups excluding carboxylic acids is 1. The first-order valence-electron chi connectivity index (χ1n) is 9.29. The monoisotopic (exact) mass is 336 g/mol. The quantitative estimate of drug-likeness (QED) is 0.238. The Morgan fingerprint density at radius 1 is 0.800 bits per heavy atom. The van der Waals surface area contributed by atoms with Crippen molar-refractivity contribution in [2.75, 3.05) is 6.61 Å². The number of unbranched alkanes of at least 4 members (excludes halogenated alkanes) is 3. The number of hydrogen-bond acceptors (Lipinski definition) is 2. The van der Waals surface area contributed by atoms with Crippen molar-refractivity contribution >= 4 is 17.1 Å². The molecule has 0 unspecified atom stereocenters. The number of rotatable bonds is 9. The minimum atomic E-state index is -0.233. The van der Waals surface area contributed by atoms with Gasteiger partial charge < -0.3 is 4.74 Å². The van der Waals surface area contributed by atoms with Gasteiger partial charge >= 0.3 is 5.97 Å². The van der Waals surface area contributed by atoms with Crippen molar-refractivity contribution in [2.24, 2.45) is 0 Å². The van der Waals surface area contributed by atoms with E-state index in [1.165, 1.54) is 19.3 Å². The molecular weight excluding hydrogens is 308 g/mol. The molecule has 132 valence electrons. The Hall–Kier alpha value is -2.35. The molecule has 0 saturated heterocycles. The molecule has 0 aromatic heterocycles. The molecule has 2 nitrogen and oxygen atoms in total. The Kier molecular flexibility index (Phi) is 7.97. The van der Waals surface area contributed by atoms with E-state index in [1.807, 2.05) is 55.5 Å². The second kappa shape index (κ2) is 10.5. The molecule has 0 amide bonds. The molecule has 0 spiro atoms. The summed E-state index contributed by atoms with van der Waals surface area (Å²) in [7, 11) is 0. The lowest BCUT2D eigenvalue weighted by atomic mass is 9.90. The maximum atomic E-state index is 12.8. The van der Waals surface area contributed by atoms with Crippen LogP contribution in [0.2, 0.25) is 0 Å². The van der Waals surface area contributed by atoms with Gasteiger partial charge in [-0.15, -0.1) is 0 Å². The average molecular weight is 336 g/mol. The zero-order valence-electron chi connectivity index (χ0n) is 15.3. The molecule has 0 aliphatic carbocycles. The zero-order chi connectivity index (χ0) is 17.9. The van der Waals surface area contributed by atoms with E-state index in [0.29, 0.717) is 12.2 Å². The Labute approximate surface area is 151 Å². The summed E-state index contributed by atoms with van der Waals surface area (Å²) in [6.07, 6.45) is 5.56. The molecule has 0 aliphatic rings. The molecule has 0 fully saturated rings. The first-order valence-corrected chi connectivity index (χ1v) is 9.29. The average Bonchev–Trinajstić information content (AvgIpc) is 2.66. The van der Waals surface area contributed by atoms with Crippen molar-refractivity contribution in [3.05, 3.63) is 71.8 Å². The zero-order valence-corrected chi connectivity index (χ0v) is 15.3. The number of ether oxygens (including phenoxy) is 1. The lowest BCUT2D eigenvalue weighted by molar-refractivity contribution is -0.136. The molecule has 0 heterocycles. The maximum absolute atomic E-state index is 12.8. The number of hydrogen-bond donors (Lipinski definition) is 0. The van der Waals surface area contributed by atoms with E-state index >= 15 is 0 Å². The van der Waals surface area contributed by atoms with Gasteiger partial charge in [0.1, 0.15) is 0 Å². The Morgan fingerprint density at radius 3 is 1.96 bits per heavy atom. The van der Waals surface area contributed by atoms with Gasteiger partial charge in [0, 0.05) is 0 Å². The Balaban J connectivity index is 2.49. The van der Waals surface area contributed by atoms with Gasteiger partial charge in [0.15, 0.2) is 0 Å². The molecule has 0 saturated carbocycles. The van der Waals surface area contributed by atoms with Crippen molar-refractivity contribution in [3.8, 4) is 0 Å². The fourth-order valence-electron chi connectivity index (χ4n) is 3.00. The minimum absolute atomic E-state index is 0.233. The van der Waals surface area contributed by atoms with Gasteiger partial charge in [-0.2, -0.15) is 0 Å². The summed E-state index contributed by atoms with van der Waals surface area (Å²) in [4.78, 5) is 12.8. The summed E-state index contributed by atoms with van der Waals surface area (Å²) in [5, 5.41) is 0. The molecule has 2 rings (SSSR count). The highest BCUT2D eigenvalue weighted by Gasteiger charge is 2.19. The number of benzene rings is 2. The van der Waals surface area contributed by atoms with E-state index in [4.69, 9.17) is 4.74 Å². The third-order valence-corrected chi connectivity index (χ3v) is 4.25. The SMILES string of the molecule is CCCCCCC(=C(C(=O)OCC)c1ccccc1)c1ccccc1. The molecule has 2 aromatic rings. The van der Waals surface area contributed by atoms with E-state index in [1.54, 1.807) is 0 Å². The lowest BCUT2D eigenvalue weighted by Gasteiger charge is -2.16. The first kappa shape index (κ1) is 19.0. The van der Waals surface area contributed by atoms with Crippen LogP contribution in [0.1, 0.15) is 57.1 Å². The summed E-state index contributed by atoms with van der Waals surface area (Å²) in [5.41, 5.74) is 3.81. The van der Waals surface area contributed by atoms with Crippen LogP contribution >= 0.6 is 0 Å². The fourth-order valence-corrected chi connectivity index (χ4v) is 3.00. The molecule has 0 bridgehead atoms. The van der Waals surface area contributed by atoms with Crippen LogP contribution in [0.4, 0.5) is 0 Å². The largest absolute Gasteiger partial charge is 0.462 e. The van der Waals surface area contributed by atoms with Crippen molar-refractivity contribution in [1.29, 1.82) is 0 Å². The predicted molar refractivity (Wildman–Crippen MR) is 105 cm³/mol. The molecule has 25 heavy (non-hydrogen) atoms. The van der Waals surface area contributed by atoms with Gasteiger partial charge in [0.05, 0.1) is 12.2 Å². The van der Waals surface area contributed by atoms with Crippen LogP contribution in [-0.4, -0.2) is 12.6 Å². The molecule has 0 atom stereocenters. The third kappa shape index (κ3) is 5.60. The van der Waals surface area contributed by atoms with Crippen LogP contribution in [-0.2, 0) is 9.53 Å². The normalized spacial score (nSPS) is 11.8. The first-order chi connectivity index (χ1) is 12.3. The fraction of sp³-hybridized carbons (Fsp3) is 0.348. The van der Waals surface area contributed by atoms with Crippen LogP contribution in [0.25, 0.3) is 11.1 Å². The number of allylic oxidation sites excluding steroid dienone is 1. The molecule has 2 aromatic carbocycles. The molecule has 0 radical (unpaired) electrons. The van der Waals surface area contributed by atoms with Crippen molar-refractivity contribution in [2.45, 2.75) is 46.0 Å². The van der Waals surface area contributed by atoms with Gasteiger partial charge in [-0.25, -0.2) is 4.79 Å². The van der Waals surface area contributed by atoms with Crippen LogP contribution in [0.3, 0.4) is 0 Å². The van der Waals surface area contributed by atoms with Crippen LogP contribution in [0.5, 0.6) is 0 Å². The summed E-state index contributed by atoms with van der Waals surface area (Å²) in [6, 6.07) is 20.1. The molecule has 2 heteroatoms. The predicted octanol–water partition coefficient (Wildman–Crippen LogP) is 6.13. The van der Waals surface area contributed by atoms with Gasteiger partial charge in [0.25, 0.3) is 0 Å². The maximum Gasteiger partial charge on any atom is 0.339 e.